The molecule has 0 unspecified atom stereocenters. The highest BCUT2D eigenvalue weighted by molar-refractivity contribution is 5.88. The van der Waals surface area contributed by atoms with Crippen LogP contribution in [0.25, 0.3) is 0 Å². The number of carbonyl (C=O) groups is 3. The molecule has 0 saturated carbocycles. The van der Waals surface area contributed by atoms with E-state index in [0.717, 1.165) is 38.5 Å². The molecule has 0 aromatic heterocycles. The van der Waals surface area contributed by atoms with Gasteiger partial charge in [-0.25, -0.2) is 4.79 Å². The van der Waals surface area contributed by atoms with Crippen LogP contribution < -0.4 is 5.32 Å². The van der Waals surface area contributed by atoms with Crippen molar-refractivity contribution in [3.63, 3.8) is 0 Å². The summed E-state index contributed by atoms with van der Waals surface area (Å²) in [6.07, 6.45) is 16.4. The molecule has 0 fully saturated rings. The number of hydrogen-bond donors (Lipinski definition) is 2. The van der Waals surface area contributed by atoms with Crippen LogP contribution in [-0.2, 0) is 19.1 Å². The second-order valence-corrected chi connectivity index (χ2v) is 8.22. The van der Waals surface area contributed by atoms with Crippen LogP contribution in [0.2, 0.25) is 0 Å². The predicted molar refractivity (Wildman–Crippen MR) is 120 cm³/mol. The lowest BCUT2D eigenvalue weighted by molar-refractivity contribution is -0.161. The molecule has 0 spiro atoms. The van der Waals surface area contributed by atoms with Crippen molar-refractivity contribution < 1.29 is 24.2 Å². The average Bonchev–Trinajstić information content (AvgIpc) is 2.71. The molecular formula is C24H45NO5. The second kappa shape index (κ2) is 20.8. The summed E-state index contributed by atoms with van der Waals surface area (Å²) < 4.78 is 4.96. The van der Waals surface area contributed by atoms with Crippen molar-refractivity contribution in [3.05, 3.63) is 0 Å². The zero-order chi connectivity index (χ0) is 22.5. The summed E-state index contributed by atoms with van der Waals surface area (Å²) in [5.41, 5.74) is 0. The number of ether oxygens (including phenoxy) is 1. The molecule has 6 nitrogen and oxygen atoms in total. The van der Waals surface area contributed by atoms with Crippen LogP contribution >= 0.6 is 0 Å². The Balaban J connectivity index is 3.89. The SMILES string of the molecule is CCCCCCCCCCCCCC(=O)OC(=O)[C@H](CCC(=O)O)NCCCCC. The lowest BCUT2D eigenvalue weighted by Gasteiger charge is -2.16. The van der Waals surface area contributed by atoms with E-state index in [1.165, 1.54) is 51.4 Å². The molecule has 0 aliphatic rings. The number of hydrogen-bond acceptors (Lipinski definition) is 5. The molecule has 30 heavy (non-hydrogen) atoms. The summed E-state index contributed by atoms with van der Waals surface area (Å²) in [5.74, 6) is -2.12. The topological polar surface area (TPSA) is 92.7 Å². The zero-order valence-electron chi connectivity index (χ0n) is 19.4. The van der Waals surface area contributed by atoms with Crippen LogP contribution in [-0.4, -0.2) is 35.6 Å². The molecule has 0 saturated heterocycles. The van der Waals surface area contributed by atoms with Crippen LogP contribution in [0.1, 0.15) is 123 Å². The Bertz CT molecular complexity index is 453. The quantitative estimate of drug-likeness (QED) is 0.137. The second-order valence-electron chi connectivity index (χ2n) is 8.22. The summed E-state index contributed by atoms with van der Waals surface area (Å²) in [6.45, 7) is 4.93. The summed E-state index contributed by atoms with van der Waals surface area (Å²) in [6, 6.07) is -0.737. The summed E-state index contributed by atoms with van der Waals surface area (Å²) in [7, 11) is 0. The van der Waals surface area contributed by atoms with Crippen LogP contribution in [0.3, 0.4) is 0 Å². The van der Waals surface area contributed by atoms with Gasteiger partial charge in [-0.05, 0) is 25.8 Å². The molecular weight excluding hydrogens is 382 g/mol. The van der Waals surface area contributed by atoms with Gasteiger partial charge in [-0.3, -0.25) is 9.59 Å². The molecule has 0 aromatic carbocycles. The fourth-order valence-electron chi connectivity index (χ4n) is 3.39. The fourth-order valence-corrected chi connectivity index (χ4v) is 3.39. The van der Waals surface area contributed by atoms with E-state index in [9.17, 15) is 14.4 Å². The first kappa shape index (κ1) is 28.6. The third-order valence-corrected chi connectivity index (χ3v) is 5.30. The molecule has 0 heterocycles. The third-order valence-electron chi connectivity index (χ3n) is 5.30. The van der Waals surface area contributed by atoms with E-state index < -0.39 is 23.9 Å². The van der Waals surface area contributed by atoms with Gasteiger partial charge >= 0.3 is 17.9 Å². The van der Waals surface area contributed by atoms with Crippen molar-refractivity contribution in [2.24, 2.45) is 0 Å². The van der Waals surface area contributed by atoms with Gasteiger partial charge in [-0.2, -0.15) is 0 Å². The Labute approximate surface area is 183 Å². The number of carbonyl (C=O) groups excluding carboxylic acids is 2. The van der Waals surface area contributed by atoms with E-state index in [4.69, 9.17) is 9.84 Å². The van der Waals surface area contributed by atoms with Gasteiger partial charge in [0.1, 0.15) is 6.04 Å². The van der Waals surface area contributed by atoms with E-state index in [1.807, 2.05) is 0 Å². The average molecular weight is 428 g/mol. The largest absolute Gasteiger partial charge is 0.481 e. The van der Waals surface area contributed by atoms with Crippen molar-refractivity contribution in [1.29, 1.82) is 0 Å². The Hall–Kier alpha value is -1.43. The van der Waals surface area contributed by atoms with Gasteiger partial charge in [0.05, 0.1) is 0 Å². The molecule has 6 heteroatoms. The van der Waals surface area contributed by atoms with Crippen LogP contribution in [0.4, 0.5) is 0 Å². The highest BCUT2D eigenvalue weighted by atomic mass is 16.6. The Morgan fingerprint density at radius 2 is 1.23 bits per heavy atom. The number of carboxylic acids is 1. The van der Waals surface area contributed by atoms with Crippen molar-refractivity contribution in [3.8, 4) is 0 Å². The molecule has 2 N–H and O–H groups in total. The number of unbranched alkanes of at least 4 members (excludes halogenated alkanes) is 12. The van der Waals surface area contributed by atoms with Crippen molar-refractivity contribution in [2.45, 2.75) is 129 Å². The van der Waals surface area contributed by atoms with E-state index in [0.29, 0.717) is 6.54 Å². The van der Waals surface area contributed by atoms with Gasteiger partial charge in [0.15, 0.2) is 0 Å². The zero-order valence-corrected chi connectivity index (χ0v) is 19.4. The van der Waals surface area contributed by atoms with Gasteiger partial charge in [-0.1, -0.05) is 90.9 Å². The van der Waals surface area contributed by atoms with Gasteiger partial charge < -0.3 is 15.2 Å². The van der Waals surface area contributed by atoms with Gasteiger partial charge in [0.25, 0.3) is 0 Å². The van der Waals surface area contributed by atoms with Crippen molar-refractivity contribution in [2.75, 3.05) is 6.54 Å². The number of esters is 2. The molecule has 0 rings (SSSR count). The summed E-state index contributed by atoms with van der Waals surface area (Å²) >= 11 is 0. The highest BCUT2D eigenvalue weighted by Gasteiger charge is 2.22. The number of rotatable bonds is 21. The standard InChI is InChI=1S/C24H45NO5/c1-3-5-7-8-9-10-11-12-13-14-15-17-23(28)30-24(29)21(18-19-22(26)27)25-20-16-6-4-2/h21,25H,3-20H2,1-2H3,(H,26,27)/t21-/m0/s1. The Morgan fingerprint density at radius 3 is 1.77 bits per heavy atom. The van der Waals surface area contributed by atoms with Crippen LogP contribution in [0.15, 0.2) is 0 Å². The maximum absolute atomic E-state index is 12.2. The number of aliphatic carboxylic acids is 1. The minimum Gasteiger partial charge on any atom is -0.481 e. The van der Waals surface area contributed by atoms with Crippen molar-refractivity contribution in [1.82, 2.24) is 5.32 Å². The maximum atomic E-state index is 12.2. The van der Waals surface area contributed by atoms with Gasteiger partial charge in [0.2, 0.25) is 0 Å². The third kappa shape index (κ3) is 18.6. The molecule has 0 aromatic rings. The van der Waals surface area contributed by atoms with E-state index >= 15 is 0 Å². The molecule has 0 amide bonds. The molecule has 0 aliphatic carbocycles. The smallest absolute Gasteiger partial charge is 0.330 e. The molecule has 0 bridgehead atoms. The lowest BCUT2D eigenvalue weighted by atomic mass is 10.1. The Morgan fingerprint density at radius 1 is 0.733 bits per heavy atom. The first-order valence-electron chi connectivity index (χ1n) is 12.2. The minimum atomic E-state index is -0.963. The van der Waals surface area contributed by atoms with Crippen LogP contribution in [0.5, 0.6) is 0 Å². The normalized spacial score (nSPS) is 11.9. The first-order valence-corrected chi connectivity index (χ1v) is 12.2. The molecule has 0 aliphatic heterocycles. The summed E-state index contributed by atoms with van der Waals surface area (Å²) in [4.78, 5) is 35.0. The monoisotopic (exact) mass is 427 g/mol. The Kier molecular flexibility index (Phi) is 19.8. The lowest BCUT2D eigenvalue weighted by Crippen LogP contribution is -2.40. The summed E-state index contributed by atoms with van der Waals surface area (Å²) in [5, 5.41) is 11.9. The molecule has 1 atom stereocenters. The van der Waals surface area contributed by atoms with E-state index in [2.05, 4.69) is 19.2 Å². The number of carboxylic acid groups (broad SMARTS) is 1. The number of nitrogens with one attached hydrogen (secondary N) is 1. The molecule has 176 valence electrons. The fraction of sp³-hybridized carbons (Fsp3) is 0.875. The predicted octanol–water partition coefficient (Wildman–Crippen LogP) is 5.77. The minimum absolute atomic E-state index is 0.131. The highest BCUT2D eigenvalue weighted by Crippen LogP contribution is 2.12. The van der Waals surface area contributed by atoms with Crippen LogP contribution in [0, 0.1) is 0 Å². The molecule has 0 radical (unpaired) electrons. The maximum Gasteiger partial charge on any atom is 0.330 e. The van der Waals surface area contributed by atoms with E-state index in [-0.39, 0.29) is 19.3 Å². The first-order chi connectivity index (χ1) is 14.5. The van der Waals surface area contributed by atoms with Gasteiger partial charge in [-0.15, -0.1) is 0 Å². The van der Waals surface area contributed by atoms with Crippen molar-refractivity contribution >= 4 is 17.9 Å². The van der Waals surface area contributed by atoms with E-state index in [1.54, 1.807) is 0 Å². The van der Waals surface area contributed by atoms with Gasteiger partial charge in [0, 0.05) is 12.8 Å².